The summed E-state index contributed by atoms with van der Waals surface area (Å²) in [5, 5.41) is 3.00. The summed E-state index contributed by atoms with van der Waals surface area (Å²) in [6.45, 7) is 4.08. The zero-order chi connectivity index (χ0) is 17.1. The molecule has 0 saturated carbocycles. The lowest BCUT2D eigenvalue weighted by atomic mass is 10.0. The van der Waals surface area contributed by atoms with Gasteiger partial charge in [-0.2, -0.15) is 0 Å². The van der Waals surface area contributed by atoms with Crippen LogP contribution in [0, 0.1) is 5.92 Å². The molecule has 1 N–H and O–H groups in total. The van der Waals surface area contributed by atoms with Crippen molar-refractivity contribution in [2.24, 2.45) is 5.92 Å². The van der Waals surface area contributed by atoms with E-state index in [9.17, 15) is 4.79 Å². The molecule has 24 heavy (non-hydrogen) atoms. The number of amides is 1. The molecule has 2 heterocycles. The second-order valence-electron chi connectivity index (χ2n) is 5.82. The highest BCUT2D eigenvalue weighted by Gasteiger charge is 2.14. The van der Waals surface area contributed by atoms with Crippen molar-refractivity contribution < 1.29 is 4.79 Å². The lowest BCUT2D eigenvalue weighted by Gasteiger charge is -2.12. The highest BCUT2D eigenvalue weighted by Crippen LogP contribution is 2.23. The molecule has 0 aliphatic carbocycles. The van der Waals surface area contributed by atoms with Gasteiger partial charge in [-0.15, -0.1) is 0 Å². The maximum atomic E-state index is 12.2. The number of hydrogen-bond acceptors (Lipinski definition) is 2. The normalized spacial score (nSPS) is 11.2. The largest absolute Gasteiger partial charge is 0.325 e. The van der Waals surface area contributed by atoms with Gasteiger partial charge in [-0.25, -0.2) is 4.98 Å². The number of halogens is 1. The van der Waals surface area contributed by atoms with Crippen molar-refractivity contribution in [1.82, 2.24) is 9.38 Å². The van der Waals surface area contributed by atoms with Gasteiger partial charge < -0.3 is 9.72 Å². The van der Waals surface area contributed by atoms with Crippen molar-refractivity contribution in [2.75, 3.05) is 5.32 Å². The third kappa shape index (κ3) is 3.51. The highest BCUT2D eigenvalue weighted by molar-refractivity contribution is 9.10. The second kappa shape index (κ2) is 7.18. The first-order valence-corrected chi connectivity index (χ1v) is 8.95. The van der Waals surface area contributed by atoms with Gasteiger partial charge in [0.2, 0.25) is 5.91 Å². The Morgan fingerprint density at radius 2 is 1.83 bits per heavy atom. The van der Waals surface area contributed by atoms with Crippen LogP contribution in [0.15, 0.2) is 53.3 Å². The molecular formula is C19H20BrN3O. The number of benzene rings is 1. The van der Waals surface area contributed by atoms with Gasteiger partial charge in [-0.05, 0) is 37.1 Å². The molecule has 3 aromatic rings. The van der Waals surface area contributed by atoms with Crippen LogP contribution in [0.2, 0.25) is 0 Å². The summed E-state index contributed by atoms with van der Waals surface area (Å²) in [4.78, 5) is 16.9. The van der Waals surface area contributed by atoms with Gasteiger partial charge in [-0.1, -0.05) is 41.9 Å². The maximum absolute atomic E-state index is 12.2. The molecular weight excluding hydrogens is 366 g/mol. The smallest absolute Gasteiger partial charge is 0.227 e. The van der Waals surface area contributed by atoms with Gasteiger partial charge in [0, 0.05) is 28.3 Å². The molecule has 0 fully saturated rings. The van der Waals surface area contributed by atoms with Gasteiger partial charge >= 0.3 is 0 Å². The number of anilines is 1. The van der Waals surface area contributed by atoms with Crippen LogP contribution in [-0.2, 0) is 4.79 Å². The Kier molecular flexibility index (Phi) is 5.00. The van der Waals surface area contributed by atoms with Crippen molar-refractivity contribution in [1.29, 1.82) is 0 Å². The molecule has 5 heteroatoms. The molecule has 0 radical (unpaired) electrons. The average Bonchev–Trinajstić information content (AvgIpc) is 3.00. The molecule has 2 aromatic heterocycles. The number of rotatable bonds is 5. The molecule has 0 atom stereocenters. The Hall–Kier alpha value is -2.14. The number of imidazole rings is 1. The molecule has 1 aromatic carbocycles. The quantitative estimate of drug-likeness (QED) is 0.660. The zero-order valence-corrected chi connectivity index (χ0v) is 15.4. The minimum absolute atomic E-state index is 0.0572. The number of nitrogens with zero attached hydrogens (tertiary/aromatic N) is 2. The van der Waals surface area contributed by atoms with Crippen LogP contribution in [0.3, 0.4) is 0 Å². The van der Waals surface area contributed by atoms with Crippen molar-refractivity contribution in [3.05, 3.63) is 53.3 Å². The first-order valence-electron chi connectivity index (χ1n) is 8.16. The number of fused-ring (bicyclic) bond motifs is 1. The standard InChI is InChI=1S/C19H20BrN3O/c1-3-13(4-2)19(24)21-16-9-10-18-22-17(12-23(18)11-16)14-5-7-15(20)8-6-14/h5-13H,3-4H2,1-2H3,(H,21,24). The Bertz CT molecular complexity index is 851. The fourth-order valence-corrected chi connectivity index (χ4v) is 2.99. The summed E-state index contributed by atoms with van der Waals surface area (Å²) < 4.78 is 2.99. The SMILES string of the molecule is CCC(CC)C(=O)Nc1ccc2nc(-c3ccc(Br)cc3)cn2c1. The summed E-state index contributed by atoms with van der Waals surface area (Å²) in [6.07, 6.45) is 5.59. The van der Waals surface area contributed by atoms with Gasteiger partial charge in [0.15, 0.2) is 0 Å². The number of pyridine rings is 1. The van der Waals surface area contributed by atoms with E-state index >= 15 is 0 Å². The first kappa shape index (κ1) is 16.7. The van der Waals surface area contributed by atoms with Crippen LogP contribution < -0.4 is 5.32 Å². The number of carbonyl (C=O) groups excluding carboxylic acids is 1. The van der Waals surface area contributed by atoms with Crippen molar-refractivity contribution in [2.45, 2.75) is 26.7 Å². The Balaban J connectivity index is 1.86. The number of hydrogen-bond donors (Lipinski definition) is 1. The highest BCUT2D eigenvalue weighted by atomic mass is 79.9. The average molecular weight is 386 g/mol. The predicted molar refractivity (Wildman–Crippen MR) is 101 cm³/mol. The lowest BCUT2D eigenvalue weighted by Crippen LogP contribution is -2.21. The van der Waals surface area contributed by atoms with E-state index in [2.05, 4.69) is 26.2 Å². The van der Waals surface area contributed by atoms with Crippen LogP contribution >= 0.6 is 15.9 Å². The summed E-state index contributed by atoms with van der Waals surface area (Å²) in [6, 6.07) is 11.9. The monoisotopic (exact) mass is 385 g/mol. The fourth-order valence-electron chi connectivity index (χ4n) is 2.73. The van der Waals surface area contributed by atoms with E-state index in [4.69, 9.17) is 0 Å². The number of carbonyl (C=O) groups is 1. The Morgan fingerprint density at radius 3 is 2.50 bits per heavy atom. The van der Waals surface area contributed by atoms with Crippen molar-refractivity contribution in [3.8, 4) is 11.3 Å². The van der Waals surface area contributed by atoms with Gasteiger partial charge in [0.1, 0.15) is 5.65 Å². The van der Waals surface area contributed by atoms with Crippen LogP contribution in [-0.4, -0.2) is 15.3 Å². The van der Waals surface area contributed by atoms with E-state index < -0.39 is 0 Å². The summed E-state index contributed by atoms with van der Waals surface area (Å²) >= 11 is 3.44. The molecule has 124 valence electrons. The molecule has 1 amide bonds. The molecule has 0 aliphatic heterocycles. The summed E-state index contributed by atoms with van der Waals surface area (Å²) in [5.41, 5.74) is 3.61. The van der Waals surface area contributed by atoms with Gasteiger partial charge in [-0.3, -0.25) is 4.79 Å². The molecule has 3 rings (SSSR count). The molecule has 4 nitrogen and oxygen atoms in total. The van der Waals surface area contributed by atoms with Gasteiger partial charge in [0.25, 0.3) is 0 Å². The zero-order valence-electron chi connectivity index (χ0n) is 13.8. The van der Waals surface area contributed by atoms with E-state index in [1.54, 1.807) is 0 Å². The first-order chi connectivity index (χ1) is 11.6. The number of aromatic nitrogens is 2. The molecule has 0 spiro atoms. The molecule has 0 unspecified atom stereocenters. The van der Waals surface area contributed by atoms with Crippen LogP contribution in [0.1, 0.15) is 26.7 Å². The molecule has 0 bridgehead atoms. The van der Waals surface area contributed by atoms with E-state index in [-0.39, 0.29) is 11.8 Å². The van der Waals surface area contributed by atoms with Crippen molar-refractivity contribution in [3.63, 3.8) is 0 Å². The minimum Gasteiger partial charge on any atom is -0.325 e. The number of nitrogens with one attached hydrogen (secondary N) is 1. The second-order valence-corrected chi connectivity index (χ2v) is 6.73. The topological polar surface area (TPSA) is 46.4 Å². The van der Waals surface area contributed by atoms with Crippen LogP contribution in [0.25, 0.3) is 16.9 Å². The van der Waals surface area contributed by atoms with E-state index in [1.807, 2.05) is 67.0 Å². The Labute approximate surface area is 150 Å². The van der Waals surface area contributed by atoms with Crippen molar-refractivity contribution >= 4 is 33.2 Å². The molecule has 0 aliphatic rings. The summed E-state index contributed by atoms with van der Waals surface area (Å²) in [5.74, 6) is 0.134. The van der Waals surface area contributed by atoms with Crippen LogP contribution in [0.4, 0.5) is 5.69 Å². The summed E-state index contributed by atoms with van der Waals surface area (Å²) in [7, 11) is 0. The molecule has 0 saturated heterocycles. The lowest BCUT2D eigenvalue weighted by molar-refractivity contribution is -0.120. The third-order valence-electron chi connectivity index (χ3n) is 4.21. The van der Waals surface area contributed by atoms with E-state index in [0.717, 1.165) is 39.9 Å². The van der Waals surface area contributed by atoms with E-state index in [0.29, 0.717) is 0 Å². The maximum Gasteiger partial charge on any atom is 0.227 e. The van der Waals surface area contributed by atoms with E-state index in [1.165, 1.54) is 0 Å². The van der Waals surface area contributed by atoms with Gasteiger partial charge in [0.05, 0.1) is 11.4 Å². The fraction of sp³-hybridized carbons (Fsp3) is 0.263. The third-order valence-corrected chi connectivity index (χ3v) is 4.74. The Morgan fingerprint density at radius 1 is 1.12 bits per heavy atom. The predicted octanol–water partition coefficient (Wildman–Crippen LogP) is 5.14. The minimum atomic E-state index is 0.0572. The van der Waals surface area contributed by atoms with Crippen LogP contribution in [0.5, 0.6) is 0 Å².